The number of carbonyl (C=O) groups is 1. The maximum absolute atomic E-state index is 11.2. The Kier molecular flexibility index (Phi) is 6.66. The van der Waals surface area contributed by atoms with Crippen LogP contribution in [0.3, 0.4) is 0 Å². The Balaban J connectivity index is 1.83. The van der Waals surface area contributed by atoms with Gasteiger partial charge in [0.05, 0.1) is 10.0 Å². The number of aliphatic carboxylic acids is 1. The molecule has 0 radical (unpaired) electrons. The number of benzene rings is 2. The number of nitrogens with one attached hydrogen (secondary N) is 1. The van der Waals surface area contributed by atoms with Crippen LogP contribution in [0.1, 0.15) is 16.7 Å². The average Bonchev–Trinajstić information content (AvgIpc) is 2.68. The first-order valence-electron chi connectivity index (χ1n) is 8.86. The zero-order valence-electron chi connectivity index (χ0n) is 15.6. The molecule has 0 amide bonds. The number of pyridine rings is 1. The first-order chi connectivity index (χ1) is 14.2. The number of carboxylic acid groups (broad SMARTS) is 1. The Morgan fingerprint density at radius 2 is 1.80 bits per heavy atom. The number of aromatic amines is 1. The third-order valence-corrected chi connectivity index (χ3v) is 4.91. The van der Waals surface area contributed by atoms with Crippen LogP contribution < -0.4 is 16.0 Å². The number of carboxylic acids is 1. The average molecular weight is 449 g/mol. The largest absolute Gasteiger partial charge is 0.508 e. The molecule has 30 heavy (non-hydrogen) atoms. The highest BCUT2D eigenvalue weighted by Gasteiger charge is 2.17. The molecular formula is C21H18Cl2N2O5. The van der Waals surface area contributed by atoms with Crippen LogP contribution >= 0.6 is 23.2 Å². The van der Waals surface area contributed by atoms with Crippen molar-refractivity contribution in [2.75, 3.05) is 0 Å². The highest BCUT2D eigenvalue weighted by Crippen LogP contribution is 2.38. The van der Waals surface area contributed by atoms with Crippen LogP contribution in [0, 0.1) is 0 Å². The molecule has 0 unspecified atom stereocenters. The minimum Gasteiger partial charge on any atom is -0.508 e. The second-order valence-corrected chi connectivity index (χ2v) is 7.48. The number of phenols is 1. The number of aromatic hydroxyl groups is 1. The summed E-state index contributed by atoms with van der Waals surface area (Å²) >= 11 is 12.6. The fraction of sp³-hybridized carbons (Fsp3) is 0.143. The zero-order chi connectivity index (χ0) is 21.8. The van der Waals surface area contributed by atoms with Crippen molar-refractivity contribution in [1.29, 1.82) is 0 Å². The van der Waals surface area contributed by atoms with Gasteiger partial charge in [-0.25, -0.2) is 0 Å². The molecule has 156 valence electrons. The lowest BCUT2D eigenvalue weighted by Crippen LogP contribution is -2.32. The fourth-order valence-electron chi connectivity index (χ4n) is 2.83. The molecule has 0 fully saturated rings. The van der Waals surface area contributed by atoms with Gasteiger partial charge in [-0.15, -0.1) is 0 Å². The number of hydrogen-bond donors (Lipinski definition) is 4. The maximum Gasteiger partial charge on any atom is 0.320 e. The monoisotopic (exact) mass is 448 g/mol. The van der Waals surface area contributed by atoms with Gasteiger partial charge in [-0.05, 0) is 47.9 Å². The molecule has 1 atom stereocenters. The summed E-state index contributed by atoms with van der Waals surface area (Å²) in [6, 6.07) is 9.79. The molecule has 1 heterocycles. The van der Waals surface area contributed by atoms with E-state index in [1.807, 2.05) is 0 Å². The number of ether oxygens (including phenoxy) is 1. The third-order valence-electron chi connectivity index (χ3n) is 4.34. The molecule has 0 saturated carbocycles. The summed E-state index contributed by atoms with van der Waals surface area (Å²) in [7, 11) is 0. The van der Waals surface area contributed by atoms with Crippen LogP contribution in [0.25, 0.3) is 0 Å². The topological polar surface area (TPSA) is 126 Å². The van der Waals surface area contributed by atoms with E-state index in [-0.39, 0.29) is 33.5 Å². The summed E-state index contributed by atoms with van der Waals surface area (Å²) in [4.78, 5) is 24.7. The molecule has 0 spiro atoms. The molecule has 0 saturated heterocycles. The van der Waals surface area contributed by atoms with Gasteiger partial charge in [-0.2, -0.15) is 0 Å². The summed E-state index contributed by atoms with van der Waals surface area (Å²) in [5.41, 5.74) is 7.29. The SMILES string of the molecule is N[C@@H](Cc1cc(Cl)c(Oc2ccc(O)c(Cc3ccc(=O)[nH]c3)c2)c(Cl)c1)C(=O)O. The molecule has 7 nitrogen and oxygen atoms in total. The Labute approximate surface area is 181 Å². The van der Waals surface area contributed by atoms with E-state index in [1.54, 1.807) is 36.5 Å². The number of H-pyrrole nitrogens is 1. The standard InChI is InChI=1S/C21H18Cl2N2O5/c22-15-6-12(8-17(24)21(28)29)7-16(23)20(15)30-14-2-3-18(26)13(9-14)5-11-1-4-19(27)25-10-11/h1-4,6-7,9-10,17,26H,5,8,24H2,(H,25,27)(H,28,29)/t17-/m0/s1. The van der Waals surface area contributed by atoms with Crippen molar-refractivity contribution in [1.82, 2.24) is 4.98 Å². The van der Waals surface area contributed by atoms with Gasteiger partial charge < -0.3 is 25.7 Å². The summed E-state index contributed by atoms with van der Waals surface area (Å²) in [5.74, 6) is -0.455. The van der Waals surface area contributed by atoms with Crippen LogP contribution in [0.5, 0.6) is 17.2 Å². The van der Waals surface area contributed by atoms with E-state index < -0.39 is 12.0 Å². The van der Waals surface area contributed by atoms with E-state index in [0.29, 0.717) is 23.3 Å². The number of halogens is 2. The Morgan fingerprint density at radius 1 is 1.10 bits per heavy atom. The van der Waals surface area contributed by atoms with E-state index in [0.717, 1.165) is 5.56 Å². The van der Waals surface area contributed by atoms with Crippen LogP contribution in [-0.4, -0.2) is 27.2 Å². The maximum atomic E-state index is 11.2. The molecule has 1 aromatic heterocycles. The first-order valence-corrected chi connectivity index (χ1v) is 9.62. The molecule has 0 aliphatic rings. The van der Waals surface area contributed by atoms with E-state index in [4.69, 9.17) is 38.8 Å². The van der Waals surface area contributed by atoms with Crippen molar-refractivity contribution in [3.05, 3.63) is 85.8 Å². The van der Waals surface area contributed by atoms with Gasteiger partial charge in [0.1, 0.15) is 17.5 Å². The Bertz CT molecular complexity index is 1100. The van der Waals surface area contributed by atoms with Crippen molar-refractivity contribution in [2.24, 2.45) is 5.73 Å². The van der Waals surface area contributed by atoms with E-state index in [1.165, 1.54) is 12.1 Å². The molecule has 9 heteroatoms. The minimum atomic E-state index is -1.12. The predicted molar refractivity (Wildman–Crippen MR) is 114 cm³/mol. The van der Waals surface area contributed by atoms with Crippen LogP contribution in [0.2, 0.25) is 10.0 Å². The summed E-state index contributed by atoms with van der Waals surface area (Å²) in [5, 5.41) is 19.5. The Morgan fingerprint density at radius 3 is 2.40 bits per heavy atom. The van der Waals surface area contributed by atoms with E-state index >= 15 is 0 Å². The molecule has 2 aromatic carbocycles. The molecule has 3 rings (SSSR count). The number of nitrogens with two attached hydrogens (primary N) is 1. The first kappa shape index (κ1) is 21.7. The van der Waals surface area contributed by atoms with Crippen molar-refractivity contribution in [2.45, 2.75) is 18.9 Å². The lowest BCUT2D eigenvalue weighted by molar-refractivity contribution is -0.138. The van der Waals surface area contributed by atoms with Crippen molar-refractivity contribution < 1.29 is 19.7 Å². The Hall–Kier alpha value is -3.00. The van der Waals surface area contributed by atoms with Crippen LogP contribution in [0.15, 0.2) is 53.5 Å². The molecule has 0 bridgehead atoms. The van der Waals surface area contributed by atoms with Gasteiger partial charge in [0, 0.05) is 24.2 Å². The zero-order valence-corrected chi connectivity index (χ0v) is 17.1. The van der Waals surface area contributed by atoms with Gasteiger partial charge in [0.25, 0.3) is 0 Å². The second kappa shape index (κ2) is 9.21. The van der Waals surface area contributed by atoms with Gasteiger partial charge in [-0.1, -0.05) is 29.3 Å². The lowest BCUT2D eigenvalue weighted by atomic mass is 10.1. The van der Waals surface area contributed by atoms with Crippen molar-refractivity contribution >= 4 is 29.2 Å². The summed E-state index contributed by atoms with van der Waals surface area (Å²) in [6.45, 7) is 0. The third kappa shape index (κ3) is 5.33. The van der Waals surface area contributed by atoms with Gasteiger partial charge >= 0.3 is 5.97 Å². The van der Waals surface area contributed by atoms with E-state index in [2.05, 4.69) is 4.98 Å². The van der Waals surface area contributed by atoms with Gasteiger partial charge in [0.15, 0.2) is 5.75 Å². The molecule has 5 N–H and O–H groups in total. The predicted octanol–water partition coefficient (Wildman–Crippen LogP) is 3.72. The van der Waals surface area contributed by atoms with E-state index in [9.17, 15) is 14.7 Å². The number of rotatable bonds is 7. The smallest absolute Gasteiger partial charge is 0.320 e. The molecular weight excluding hydrogens is 431 g/mol. The number of aromatic nitrogens is 1. The quantitative estimate of drug-likeness (QED) is 0.436. The highest BCUT2D eigenvalue weighted by molar-refractivity contribution is 6.37. The number of phenolic OH excluding ortho intramolecular Hbond substituents is 1. The lowest BCUT2D eigenvalue weighted by Gasteiger charge is -2.14. The molecule has 0 aliphatic carbocycles. The fourth-order valence-corrected chi connectivity index (χ4v) is 3.44. The van der Waals surface area contributed by atoms with Crippen molar-refractivity contribution in [3.63, 3.8) is 0 Å². The summed E-state index contributed by atoms with van der Waals surface area (Å²) < 4.78 is 5.82. The van der Waals surface area contributed by atoms with Gasteiger partial charge in [-0.3, -0.25) is 9.59 Å². The highest BCUT2D eigenvalue weighted by atomic mass is 35.5. The van der Waals surface area contributed by atoms with Crippen molar-refractivity contribution in [3.8, 4) is 17.2 Å². The normalized spacial score (nSPS) is 11.8. The second-order valence-electron chi connectivity index (χ2n) is 6.67. The van der Waals surface area contributed by atoms with Crippen LogP contribution in [0.4, 0.5) is 0 Å². The molecule has 0 aliphatic heterocycles. The van der Waals surface area contributed by atoms with Crippen LogP contribution in [-0.2, 0) is 17.6 Å². The number of hydrogen-bond acceptors (Lipinski definition) is 5. The minimum absolute atomic E-state index is 0.0670. The molecule has 3 aromatic rings. The summed E-state index contributed by atoms with van der Waals surface area (Å²) in [6.07, 6.45) is 2.01. The van der Waals surface area contributed by atoms with Gasteiger partial charge in [0.2, 0.25) is 5.56 Å².